The molecular formula is C21H30N2O. The molecule has 2 bridgehead atoms. The number of rotatable bonds is 4. The van der Waals surface area contributed by atoms with E-state index in [-0.39, 0.29) is 11.9 Å². The van der Waals surface area contributed by atoms with E-state index in [0.717, 1.165) is 31.3 Å². The van der Waals surface area contributed by atoms with E-state index in [4.69, 9.17) is 0 Å². The largest absolute Gasteiger partial charge is 0.352 e. The van der Waals surface area contributed by atoms with Crippen molar-refractivity contribution in [3.63, 3.8) is 0 Å². The lowest BCUT2D eigenvalue weighted by atomic mass is 9.84. The van der Waals surface area contributed by atoms with Crippen LogP contribution in [0.2, 0.25) is 0 Å². The van der Waals surface area contributed by atoms with E-state index in [1.807, 2.05) is 0 Å². The first-order valence-electron chi connectivity index (χ1n) is 9.73. The molecule has 2 aliphatic carbocycles. The average Bonchev–Trinajstić information content (AvgIpc) is 3.24. The summed E-state index contributed by atoms with van der Waals surface area (Å²) in [6.07, 6.45) is 6.59. The van der Waals surface area contributed by atoms with Crippen LogP contribution in [-0.4, -0.2) is 29.4 Å². The van der Waals surface area contributed by atoms with Gasteiger partial charge in [-0.3, -0.25) is 9.69 Å². The van der Waals surface area contributed by atoms with Crippen LogP contribution >= 0.6 is 0 Å². The summed E-state index contributed by atoms with van der Waals surface area (Å²) in [6, 6.07) is 8.91. The minimum Gasteiger partial charge on any atom is -0.352 e. The van der Waals surface area contributed by atoms with Gasteiger partial charge >= 0.3 is 0 Å². The normalized spacial score (nSPS) is 31.5. The van der Waals surface area contributed by atoms with Crippen LogP contribution in [0.25, 0.3) is 0 Å². The Balaban J connectivity index is 1.35. The van der Waals surface area contributed by atoms with Gasteiger partial charge in [-0.2, -0.15) is 0 Å². The highest BCUT2D eigenvalue weighted by atomic mass is 16.2. The molecule has 0 aromatic heterocycles. The maximum atomic E-state index is 12.8. The van der Waals surface area contributed by atoms with Gasteiger partial charge in [0.05, 0.1) is 6.04 Å². The lowest BCUT2D eigenvalue weighted by molar-refractivity contribution is -0.127. The van der Waals surface area contributed by atoms with Crippen molar-refractivity contribution in [1.82, 2.24) is 10.2 Å². The summed E-state index contributed by atoms with van der Waals surface area (Å²) in [4.78, 5) is 15.1. The minimum atomic E-state index is -0.0422. The number of benzene rings is 1. The highest BCUT2D eigenvalue weighted by Crippen LogP contribution is 2.49. The SMILES string of the molecule is C[C@H](NC(=O)[C@@H](C)N1CCc2ccccc2C1)[C@H]1C[C@H]2CC[C@H]1C2. The quantitative estimate of drug-likeness (QED) is 0.920. The molecule has 0 saturated heterocycles. The lowest BCUT2D eigenvalue weighted by Crippen LogP contribution is -2.50. The fourth-order valence-corrected chi connectivity index (χ4v) is 5.37. The number of hydrogen-bond donors (Lipinski definition) is 1. The summed E-state index contributed by atoms with van der Waals surface area (Å²) >= 11 is 0. The Morgan fingerprint density at radius 1 is 1.17 bits per heavy atom. The van der Waals surface area contributed by atoms with Crippen molar-refractivity contribution in [1.29, 1.82) is 0 Å². The van der Waals surface area contributed by atoms with Gasteiger partial charge in [0, 0.05) is 19.1 Å². The topological polar surface area (TPSA) is 32.3 Å². The molecule has 3 heteroatoms. The minimum absolute atomic E-state index is 0.0422. The molecule has 2 fully saturated rings. The Hall–Kier alpha value is -1.35. The van der Waals surface area contributed by atoms with E-state index in [9.17, 15) is 4.79 Å². The molecule has 1 N–H and O–H groups in total. The highest BCUT2D eigenvalue weighted by Gasteiger charge is 2.42. The molecule has 2 saturated carbocycles. The van der Waals surface area contributed by atoms with Crippen LogP contribution in [0.5, 0.6) is 0 Å². The molecule has 5 atom stereocenters. The van der Waals surface area contributed by atoms with E-state index in [1.165, 1.54) is 36.8 Å². The van der Waals surface area contributed by atoms with Crippen molar-refractivity contribution in [2.75, 3.05) is 6.54 Å². The second kappa shape index (κ2) is 6.51. The molecule has 1 aromatic rings. The molecule has 0 unspecified atom stereocenters. The zero-order valence-electron chi connectivity index (χ0n) is 15.0. The maximum absolute atomic E-state index is 12.8. The molecule has 24 heavy (non-hydrogen) atoms. The van der Waals surface area contributed by atoms with Crippen LogP contribution in [0.4, 0.5) is 0 Å². The van der Waals surface area contributed by atoms with E-state index in [2.05, 4.69) is 48.3 Å². The maximum Gasteiger partial charge on any atom is 0.237 e. The Kier molecular flexibility index (Phi) is 4.38. The van der Waals surface area contributed by atoms with E-state index in [0.29, 0.717) is 12.0 Å². The van der Waals surface area contributed by atoms with Crippen molar-refractivity contribution >= 4 is 5.91 Å². The van der Waals surface area contributed by atoms with Crippen LogP contribution in [0.1, 0.15) is 50.7 Å². The predicted molar refractivity (Wildman–Crippen MR) is 96.6 cm³/mol. The summed E-state index contributed by atoms with van der Waals surface area (Å²) in [5, 5.41) is 3.35. The van der Waals surface area contributed by atoms with Crippen molar-refractivity contribution < 1.29 is 4.79 Å². The Morgan fingerprint density at radius 3 is 2.67 bits per heavy atom. The number of carbonyl (C=O) groups excluding carboxylic acids is 1. The first-order valence-corrected chi connectivity index (χ1v) is 9.73. The number of nitrogens with zero attached hydrogens (tertiary/aromatic N) is 1. The first-order chi connectivity index (χ1) is 11.6. The molecule has 1 aromatic carbocycles. The lowest BCUT2D eigenvalue weighted by Gasteiger charge is -2.35. The zero-order chi connectivity index (χ0) is 16.7. The Morgan fingerprint density at radius 2 is 1.96 bits per heavy atom. The number of nitrogens with one attached hydrogen (secondary N) is 1. The van der Waals surface area contributed by atoms with Gasteiger partial charge < -0.3 is 5.32 Å². The molecule has 1 heterocycles. The number of amides is 1. The van der Waals surface area contributed by atoms with Gasteiger partial charge in [0.2, 0.25) is 5.91 Å². The van der Waals surface area contributed by atoms with Gasteiger partial charge in [0.25, 0.3) is 0 Å². The summed E-state index contributed by atoms with van der Waals surface area (Å²) in [5.41, 5.74) is 2.82. The van der Waals surface area contributed by atoms with Crippen LogP contribution in [0, 0.1) is 17.8 Å². The monoisotopic (exact) mass is 326 g/mol. The fourth-order valence-electron chi connectivity index (χ4n) is 5.37. The smallest absolute Gasteiger partial charge is 0.237 e. The first kappa shape index (κ1) is 16.1. The van der Waals surface area contributed by atoms with E-state index < -0.39 is 0 Å². The van der Waals surface area contributed by atoms with Gasteiger partial charge in [0.1, 0.15) is 0 Å². The van der Waals surface area contributed by atoms with Crippen LogP contribution < -0.4 is 5.32 Å². The molecule has 4 rings (SSSR count). The van der Waals surface area contributed by atoms with Crippen LogP contribution in [0.15, 0.2) is 24.3 Å². The second-order valence-corrected chi connectivity index (χ2v) is 8.30. The third-order valence-electron chi connectivity index (χ3n) is 6.89. The third kappa shape index (κ3) is 2.99. The summed E-state index contributed by atoms with van der Waals surface area (Å²) < 4.78 is 0. The molecule has 0 spiro atoms. The van der Waals surface area contributed by atoms with Gasteiger partial charge in [0.15, 0.2) is 0 Å². The van der Waals surface area contributed by atoms with Crippen molar-refractivity contribution in [2.24, 2.45) is 17.8 Å². The van der Waals surface area contributed by atoms with E-state index in [1.54, 1.807) is 0 Å². The number of carbonyl (C=O) groups is 1. The van der Waals surface area contributed by atoms with Crippen molar-refractivity contribution in [3.8, 4) is 0 Å². The predicted octanol–water partition coefficient (Wildman–Crippen LogP) is 3.37. The van der Waals surface area contributed by atoms with Gasteiger partial charge in [-0.1, -0.05) is 30.7 Å². The van der Waals surface area contributed by atoms with E-state index >= 15 is 0 Å². The van der Waals surface area contributed by atoms with Gasteiger partial charge in [-0.05, 0) is 68.4 Å². The zero-order valence-corrected chi connectivity index (χ0v) is 15.0. The van der Waals surface area contributed by atoms with Crippen molar-refractivity contribution in [3.05, 3.63) is 35.4 Å². The molecule has 1 aliphatic heterocycles. The molecule has 3 aliphatic rings. The molecule has 0 radical (unpaired) electrons. The molecule has 1 amide bonds. The highest BCUT2D eigenvalue weighted by molar-refractivity contribution is 5.81. The average molecular weight is 326 g/mol. The summed E-state index contributed by atoms with van der Waals surface area (Å²) in [5.74, 6) is 2.73. The molecule has 130 valence electrons. The Labute approximate surface area is 145 Å². The second-order valence-electron chi connectivity index (χ2n) is 8.30. The third-order valence-corrected chi connectivity index (χ3v) is 6.89. The van der Waals surface area contributed by atoms with Crippen LogP contribution in [-0.2, 0) is 17.8 Å². The summed E-state index contributed by atoms with van der Waals surface area (Å²) in [6.45, 7) is 6.17. The summed E-state index contributed by atoms with van der Waals surface area (Å²) in [7, 11) is 0. The van der Waals surface area contributed by atoms with Crippen molar-refractivity contribution in [2.45, 2.75) is 64.6 Å². The fraction of sp³-hybridized carbons (Fsp3) is 0.667. The van der Waals surface area contributed by atoms with Gasteiger partial charge in [-0.25, -0.2) is 0 Å². The number of hydrogen-bond acceptors (Lipinski definition) is 2. The molecular weight excluding hydrogens is 296 g/mol. The molecule has 3 nitrogen and oxygen atoms in total. The van der Waals surface area contributed by atoms with Gasteiger partial charge in [-0.15, -0.1) is 0 Å². The van der Waals surface area contributed by atoms with Crippen LogP contribution in [0.3, 0.4) is 0 Å². The number of fused-ring (bicyclic) bond motifs is 3. The Bertz CT molecular complexity index is 614. The standard InChI is InChI=1S/C21H30N2O/c1-14(20-12-16-7-8-18(20)11-16)22-21(24)15(2)23-10-9-17-5-3-4-6-19(17)13-23/h3-6,14-16,18,20H,7-13H2,1-2H3,(H,22,24)/t14-,15+,16-,18-,20+/m0/s1.